The van der Waals surface area contributed by atoms with Crippen LogP contribution in [-0.2, 0) is 0 Å². The predicted octanol–water partition coefficient (Wildman–Crippen LogP) is 7.17. The van der Waals surface area contributed by atoms with Crippen molar-refractivity contribution < 1.29 is 0 Å². The van der Waals surface area contributed by atoms with E-state index in [2.05, 4.69) is 47.6 Å². The summed E-state index contributed by atoms with van der Waals surface area (Å²) in [4.78, 5) is 2.84. The minimum Gasteiger partial charge on any atom is -0.387 e. The van der Waals surface area contributed by atoms with Crippen molar-refractivity contribution in [3.63, 3.8) is 0 Å². The lowest BCUT2D eigenvalue weighted by molar-refractivity contribution is -0.0122. The molecule has 172 valence electrons. The molecule has 0 spiro atoms. The normalized spacial score (nSPS) is 41.3. The van der Waals surface area contributed by atoms with Crippen molar-refractivity contribution in [2.45, 2.75) is 90.0 Å². The van der Waals surface area contributed by atoms with Crippen LogP contribution in [0.25, 0.3) is 0 Å². The average molecular weight is 451 g/mol. The van der Waals surface area contributed by atoms with Gasteiger partial charge in [0, 0.05) is 35.6 Å². The summed E-state index contributed by atoms with van der Waals surface area (Å²) in [5, 5.41) is 3.54. The second kappa shape index (κ2) is 7.55. The number of allylic oxidation sites excluding steroid dienone is 5. The second-order valence-electron chi connectivity index (χ2n) is 12.1. The monoisotopic (exact) mass is 450 g/mol. The van der Waals surface area contributed by atoms with Crippen LogP contribution in [0, 0.1) is 22.7 Å². The quantitative estimate of drug-likeness (QED) is 0.479. The van der Waals surface area contributed by atoms with Gasteiger partial charge in [-0.2, -0.15) is 0 Å². The maximum atomic E-state index is 3.54. The summed E-state index contributed by atoms with van der Waals surface area (Å²) in [5.74, 6) is 1.45. The van der Waals surface area contributed by atoms with E-state index in [1.807, 2.05) is 5.57 Å². The minimum atomic E-state index is 0. The van der Waals surface area contributed by atoms with E-state index in [1.54, 1.807) is 22.5 Å². The van der Waals surface area contributed by atoms with Crippen LogP contribution in [0.3, 0.4) is 0 Å². The Kier molecular flexibility index (Phi) is 4.99. The highest BCUT2D eigenvalue weighted by Crippen LogP contribution is 2.62. The summed E-state index contributed by atoms with van der Waals surface area (Å²) < 4.78 is 0. The van der Waals surface area contributed by atoms with Crippen molar-refractivity contribution in [2.75, 3.05) is 6.54 Å². The molecule has 8 aliphatic rings. The van der Waals surface area contributed by atoms with E-state index in [0.717, 1.165) is 12.5 Å². The maximum absolute atomic E-state index is 3.54. The third kappa shape index (κ3) is 3.04. The van der Waals surface area contributed by atoms with Gasteiger partial charge in [0.25, 0.3) is 0 Å². The molecule has 2 nitrogen and oxygen atoms in total. The number of nitrogens with one attached hydrogen (secondary N) is 1. The lowest BCUT2D eigenvalue weighted by Gasteiger charge is -2.54. The number of halogens is 1. The van der Waals surface area contributed by atoms with Crippen molar-refractivity contribution in [1.82, 2.24) is 10.2 Å². The minimum absolute atomic E-state index is 0. The molecule has 0 aromatic heterocycles. The molecule has 0 radical (unpaired) electrons. The second-order valence-corrected chi connectivity index (χ2v) is 12.1. The van der Waals surface area contributed by atoms with Crippen LogP contribution >= 0.6 is 12.4 Å². The molecule has 3 unspecified atom stereocenters. The molecule has 3 atom stereocenters. The molecule has 5 aliphatic carbocycles. The summed E-state index contributed by atoms with van der Waals surface area (Å²) in [6.45, 7) is 3.55. The highest BCUT2D eigenvalue weighted by molar-refractivity contribution is 5.85. The van der Waals surface area contributed by atoms with Crippen molar-refractivity contribution in [1.29, 1.82) is 0 Å². The van der Waals surface area contributed by atoms with E-state index < -0.39 is 0 Å². The fraction of sp³-hybridized carbons (Fsp3) is 0.655. The molecule has 1 N–H and O–H groups in total. The van der Waals surface area contributed by atoms with Crippen LogP contribution < -0.4 is 5.32 Å². The van der Waals surface area contributed by atoms with Gasteiger partial charge in [-0.1, -0.05) is 25.2 Å². The molecule has 2 bridgehead atoms. The Morgan fingerprint density at radius 2 is 1.84 bits per heavy atom. The zero-order chi connectivity index (χ0) is 20.6. The number of fused-ring (bicyclic) bond motifs is 8. The molecule has 4 fully saturated rings. The van der Waals surface area contributed by atoms with Gasteiger partial charge in [0.05, 0.1) is 6.04 Å². The fourth-order valence-corrected chi connectivity index (χ4v) is 8.47. The smallest absolute Gasteiger partial charge is 0.0588 e. The Hall–Kier alpha value is -1.41. The van der Waals surface area contributed by atoms with Gasteiger partial charge < -0.3 is 10.2 Å². The maximum Gasteiger partial charge on any atom is 0.0588 e. The highest BCUT2D eigenvalue weighted by Gasteiger charge is 2.50. The van der Waals surface area contributed by atoms with Crippen molar-refractivity contribution in [3.05, 3.63) is 58.6 Å². The molecule has 3 saturated carbocycles. The first kappa shape index (κ1) is 21.1. The molecule has 32 heavy (non-hydrogen) atoms. The Balaban J connectivity index is 0.00000196. The van der Waals surface area contributed by atoms with Gasteiger partial charge in [-0.15, -0.1) is 12.4 Å². The van der Waals surface area contributed by atoms with Crippen LogP contribution in [0.1, 0.15) is 84.0 Å². The van der Waals surface area contributed by atoms with E-state index in [9.17, 15) is 0 Å². The van der Waals surface area contributed by atoms with Crippen LogP contribution in [0.5, 0.6) is 0 Å². The molecular weight excluding hydrogens is 412 g/mol. The summed E-state index contributed by atoms with van der Waals surface area (Å²) >= 11 is 0. The Morgan fingerprint density at radius 3 is 2.66 bits per heavy atom. The topological polar surface area (TPSA) is 15.3 Å². The number of nitrogens with zero attached hydrogens (tertiary/aromatic N) is 1. The van der Waals surface area contributed by atoms with Gasteiger partial charge in [-0.3, -0.25) is 0 Å². The number of hydrogen-bond donors (Lipinski definition) is 1. The van der Waals surface area contributed by atoms with Gasteiger partial charge in [-0.05, 0) is 111 Å². The Labute approximate surface area is 200 Å². The Bertz CT molecular complexity index is 939. The number of hydrogen-bond acceptors (Lipinski definition) is 2. The fourth-order valence-electron chi connectivity index (χ4n) is 8.47. The van der Waals surface area contributed by atoms with E-state index >= 15 is 0 Å². The van der Waals surface area contributed by atoms with Crippen LogP contribution in [0.4, 0.5) is 0 Å². The molecule has 8 rings (SSSR count). The standard InChI is InChI=1S/C29H38N2.ClH/c1-28-11-14-29(15-12-28,16-13-28)18-21-7-9-23-24-19-30-17-10-26(24)31-25-5-3-2-4-20(25)6-8-22(21)27(23)31;/h2,4,6,10,19,21,23,25,30H,3,5,7-9,11-18H2,1H3;1H. The molecule has 3 heteroatoms. The zero-order valence-corrected chi connectivity index (χ0v) is 20.5. The van der Waals surface area contributed by atoms with E-state index in [0.29, 0.717) is 22.8 Å². The first-order valence-corrected chi connectivity index (χ1v) is 13.2. The third-order valence-electron chi connectivity index (χ3n) is 10.4. The number of rotatable bonds is 2. The van der Waals surface area contributed by atoms with Crippen LogP contribution in [0.2, 0.25) is 0 Å². The van der Waals surface area contributed by atoms with Crippen molar-refractivity contribution in [2.24, 2.45) is 22.7 Å². The molecule has 0 amide bonds. The van der Waals surface area contributed by atoms with Gasteiger partial charge in [0.1, 0.15) is 0 Å². The molecular formula is C29H39ClN2. The van der Waals surface area contributed by atoms with Crippen LogP contribution in [-0.4, -0.2) is 17.5 Å². The summed E-state index contributed by atoms with van der Waals surface area (Å²) in [7, 11) is 0. The molecule has 3 aliphatic heterocycles. The molecule has 0 aromatic carbocycles. The van der Waals surface area contributed by atoms with Crippen LogP contribution in [0.15, 0.2) is 58.6 Å². The average Bonchev–Trinajstić information content (AvgIpc) is 3.03. The van der Waals surface area contributed by atoms with Gasteiger partial charge in [-0.25, -0.2) is 0 Å². The van der Waals surface area contributed by atoms with Gasteiger partial charge >= 0.3 is 0 Å². The zero-order valence-electron chi connectivity index (χ0n) is 19.7. The first-order valence-electron chi connectivity index (χ1n) is 13.2. The van der Waals surface area contributed by atoms with Crippen molar-refractivity contribution in [3.8, 4) is 0 Å². The largest absolute Gasteiger partial charge is 0.387 e. The van der Waals surface area contributed by atoms with Crippen molar-refractivity contribution >= 4 is 12.4 Å². The van der Waals surface area contributed by atoms with E-state index in [-0.39, 0.29) is 12.4 Å². The van der Waals surface area contributed by atoms with E-state index in [1.165, 1.54) is 77.0 Å². The predicted molar refractivity (Wildman–Crippen MR) is 134 cm³/mol. The summed E-state index contributed by atoms with van der Waals surface area (Å²) in [5.41, 5.74) is 9.65. The van der Waals surface area contributed by atoms with E-state index in [4.69, 9.17) is 0 Å². The molecule has 1 saturated heterocycles. The number of dihydropyridines is 1. The first-order chi connectivity index (χ1) is 15.1. The summed E-state index contributed by atoms with van der Waals surface area (Å²) in [6, 6.07) is 0.567. The lowest BCUT2D eigenvalue weighted by atomic mass is 9.52. The Morgan fingerprint density at radius 1 is 1.03 bits per heavy atom. The van der Waals surface area contributed by atoms with Gasteiger partial charge in [0.15, 0.2) is 0 Å². The van der Waals surface area contributed by atoms with Gasteiger partial charge in [0.2, 0.25) is 0 Å². The third-order valence-corrected chi connectivity index (χ3v) is 10.4. The SMILES string of the molecule is CC12CCC(CC3CCC4C5=CNCC=C5N5C4=C3CC=C3C=CCCC35)(CC1)CC2.Cl. The molecule has 0 aromatic rings. The lowest BCUT2D eigenvalue weighted by Crippen LogP contribution is -2.41. The molecule has 3 heterocycles. The summed E-state index contributed by atoms with van der Waals surface area (Å²) in [6.07, 6.45) is 29.2. The highest BCUT2D eigenvalue weighted by atomic mass is 35.5.